The molecule has 12 heteroatoms. The van der Waals surface area contributed by atoms with E-state index in [1.807, 2.05) is 52.0 Å². The molecule has 39 heavy (non-hydrogen) atoms. The number of fused-ring (bicyclic) bond motifs is 2. The number of aliphatic hydroxyl groups excluding tert-OH is 4. The van der Waals surface area contributed by atoms with Gasteiger partial charge >= 0.3 is 0 Å². The lowest BCUT2D eigenvalue weighted by molar-refractivity contribution is -0.681. The molecule has 0 radical (unpaired) electrons. The predicted octanol–water partition coefficient (Wildman–Crippen LogP) is 4.91. The minimum Gasteiger partial charge on any atom is -0.394 e. The third kappa shape index (κ3) is 6.18. The van der Waals surface area contributed by atoms with Gasteiger partial charge in [-0.1, -0.05) is 6.08 Å². The summed E-state index contributed by atoms with van der Waals surface area (Å²) >= 11 is 14.4. The van der Waals surface area contributed by atoms with Crippen LogP contribution in [0.2, 0.25) is 0 Å². The molecule has 210 valence electrons. The zero-order chi connectivity index (χ0) is 28.4. The molecule has 2 heterocycles. The van der Waals surface area contributed by atoms with Gasteiger partial charge in [-0.3, -0.25) is 0 Å². The summed E-state index contributed by atoms with van der Waals surface area (Å²) in [6.45, 7) is 5.32. The molecule has 4 N–H and O–H groups in total. The number of aliphatic hydroxyl groups is 4. The Labute approximate surface area is 261 Å². The maximum absolute atomic E-state index is 10.4. The van der Waals surface area contributed by atoms with Gasteiger partial charge in [-0.2, -0.15) is 0 Å². The van der Waals surface area contributed by atoms with Crippen LogP contribution >= 0.6 is 63.7 Å². The fourth-order valence-corrected chi connectivity index (χ4v) is 6.19. The molecule has 4 rings (SSSR count). The van der Waals surface area contributed by atoms with Crippen LogP contribution in [-0.2, 0) is 13.1 Å². The summed E-state index contributed by atoms with van der Waals surface area (Å²) in [5, 5.41) is 39.8. The molecular weight excluding hydrogens is 764 g/mol. The topological polar surface area (TPSA) is 96.2 Å². The highest BCUT2D eigenvalue weighted by Gasteiger charge is 2.32. The van der Waals surface area contributed by atoms with E-state index < -0.39 is 12.2 Å². The van der Waals surface area contributed by atoms with E-state index in [0.717, 1.165) is 51.9 Å². The number of nitrogens with zero attached hydrogens (tertiary/aromatic N) is 4. The van der Waals surface area contributed by atoms with Gasteiger partial charge in [0.25, 0.3) is 5.82 Å². The Hall–Kier alpha value is -1.25. The van der Waals surface area contributed by atoms with Gasteiger partial charge in [-0.15, -0.1) is 0 Å². The number of benzene rings is 2. The monoisotopic (exact) mass is 791 g/mol. The summed E-state index contributed by atoms with van der Waals surface area (Å²) in [6, 6.07) is 8.10. The van der Waals surface area contributed by atoms with Crippen LogP contribution in [0.1, 0.15) is 19.7 Å². The Kier molecular flexibility index (Phi) is 10.4. The van der Waals surface area contributed by atoms with Crippen LogP contribution in [0.5, 0.6) is 0 Å². The fraction of sp³-hybridized carbons (Fsp3) is 0.370. The lowest BCUT2D eigenvalue weighted by atomic mass is 10.2. The molecule has 0 saturated heterocycles. The van der Waals surface area contributed by atoms with Gasteiger partial charge in [0.2, 0.25) is 0 Å². The first-order chi connectivity index (χ1) is 18.6. The summed E-state index contributed by atoms with van der Waals surface area (Å²) < 4.78 is 7.80. The van der Waals surface area contributed by atoms with E-state index in [4.69, 9.17) is 0 Å². The molecular formula is C27H31Br4N4O4+. The minimum absolute atomic E-state index is 0.230. The number of hydrogen-bond donors (Lipinski definition) is 4. The van der Waals surface area contributed by atoms with Crippen molar-refractivity contribution in [2.24, 2.45) is 0 Å². The molecule has 2 unspecified atom stereocenters. The molecule has 3 aromatic rings. The lowest BCUT2D eigenvalue weighted by Gasteiger charge is -2.26. The maximum Gasteiger partial charge on any atom is 0.282 e. The Balaban J connectivity index is 1.84. The van der Waals surface area contributed by atoms with Gasteiger partial charge in [0.05, 0.1) is 43.8 Å². The normalized spacial score (nSPS) is 16.2. The maximum atomic E-state index is 10.4. The smallest absolute Gasteiger partial charge is 0.282 e. The number of halogens is 4. The number of anilines is 2. The van der Waals surface area contributed by atoms with Crippen LogP contribution in [0.3, 0.4) is 0 Å². The van der Waals surface area contributed by atoms with Crippen molar-refractivity contribution in [3.8, 4) is 0 Å². The van der Waals surface area contributed by atoms with E-state index in [1.54, 1.807) is 0 Å². The molecule has 1 aliphatic heterocycles. The van der Waals surface area contributed by atoms with Gasteiger partial charge in [-0.25, -0.2) is 9.13 Å². The average molecular weight is 795 g/mol. The minimum atomic E-state index is -0.911. The van der Waals surface area contributed by atoms with Crippen molar-refractivity contribution < 1.29 is 25.0 Å². The van der Waals surface area contributed by atoms with Crippen molar-refractivity contribution in [1.82, 2.24) is 4.57 Å². The second kappa shape index (κ2) is 13.2. The van der Waals surface area contributed by atoms with Crippen LogP contribution < -0.4 is 14.4 Å². The van der Waals surface area contributed by atoms with Gasteiger partial charge in [0, 0.05) is 42.6 Å². The van der Waals surface area contributed by atoms with Gasteiger partial charge in [0.15, 0.2) is 11.0 Å². The van der Waals surface area contributed by atoms with E-state index in [-0.39, 0.29) is 26.3 Å². The zero-order valence-electron chi connectivity index (χ0n) is 21.5. The largest absolute Gasteiger partial charge is 0.394 e. The molecule has 0 spiro atoms. The first kappa shape index (κ1) is 30.7. The molecule has 1 aromatic heterocycles. The number of allylic oxidation sites excluding steroid dienone is 2. The first-order valence-electron chi connectivity index (χ1n) is 12.6. The van der Waals surface area contributed by atoms with Crippen LogP contribution in [0, 0.1) is 0 Å². The summed E-state index contributed by atoms with van der Waals surface area (Å²) in [7, 11) is 0. The summed E-state index contributed by atoms with van der Waals surface area (Å²) in [5.74, 6) is 1.74. The second-order valence-corrected chi connectivity index (χ2v) is 12.6. The molecule has 0 saturated carbocycles. The highest BCUT2D eigenvalue weighted by atomic mass is 79.9. The number of imidazole rings is 1. The van der Waals surface area contributed by atoms with Crippen molar-refractivity contribution in [2.45, 2.75) is 39.1 Å². The van der Waals surface area contributed by atoms with Crippen molar-refractivity contribution in [3.63, 3.8) is 0 Å². The Morgan fingerprint density at radius 1 is 0.821 bits per heavy atom. The van der Waals surface area contributed by atoms with Crippen molar-refractivity contribution in [2.75, 3.05) is 36.1 Å². The predicted molar refractivity (Wildman–Crippen MR) is 169 cm³/mol. The Bertz CT molecular complexity index is 1430. The summed E-state index contributed by atoms with van der Waals surface area (Å²) in [5.41, 5.74) is 3.85. The van der Waals surface area contributed by atoms with E-state index in [1.165, 1.54) is 0 Å². The van der Waals surface area contributed by atoms with E-state index in [0.29, 0.717) is 13.1 Å². The molecule has 0 bridgehead atoms. The zero-order valence-corrected chi connectivity index (χ0v) is 27.9. The van der Waals surface area contributed by atoms with Crippen LogP contribution in [0.4, 0.5) is 11.4 Å². The first-order valence-corrected chi connectivity index (χ1v) is 15.7. The second-order valence-electron chi connectivity index (χ2n) is 9.13. The molecule has 1 aliphatic rings. The summed E-state index contributed by atoms with van der Waals surface area (Å²) in [4.78, 5) is 4.17. The van der Waals surface area contributed by atoms with Gasteiger partial charge < -0.3 is 30.2 Å². The number of hydrogen-bond acceptors (Lipinski definition) is 6. The van der Waals surface area contributed by atoms with Crippen molar-refractivity contribution in [3.05, 3.63) is 66.0 Å². The molecule has 2 aromatic carbocycles. The Morgan fingerprint density at radius 2 is 1.41 bits per heavy atom. The molecule has 2 atom stereocenters. The Morgan fingerprint density at radius 3 is 2.00 bits per heavy atom. The summed E-state index contributed by atoms with van der Waals surface area (Å²) in [6.07, 6.45) is 4.12. The highest BCUT2D eigenvalue weighted by Crippen LogP contribution is 2.45. The van der Waals surface area contributed by atoms with Gasteiger partial charge in [-0.05, 0) is 95.8 Å². The fourth-order valence-electron chi connectivity index (χ4n) is 4.87. The molecule has 0 aliphatic carbocycles. The van der Waals surface area contributed by atoms with Crippen molar-refractivity contribution in [1.29, 1.82) is 0 Å². The third-order valence-electron chi connectivity index (χ3n) is 6.64. The number of β-amino-alcohol motifs (C(OH)–C–C–N with tert-alkyl or cyclic N) is 1. The lowest BCUT2D eigenvalue weighted by Crippen LogP contribution is -2.43. The van der Waals surface area contributed by atoms with Crippen LogP contribution in [-0.4, -0.2) is 63.5 Å². The van der Waals surface area contributed by atoms with Crippen LogP contribution in [0.15, 0.2) is 60.1 Å². The highest BCUT2D eigenvalue weighted by molar-refractivity contribution is 9.13. The quantitative estimate of drug-likeness (QED) is 0.218. The molecule has 0 fully saturated rings. The van der Waals surface area contributed by atoms with E-state index in [2.05, 4.69) is 87.0 Å². The van der Waals surface area contributed by atoms with E-state index >= 15 is 0 Å². The molecule has 0 amide bonds. The number of aryl methyl sites for hydroxylation is 1. The number of aromatic nitrogens is 2. The third-order valence-corrected chi connectivity index (χ3v) is 10.3. The number of rotatable bonds is 10. The van der Waals surface area contributed by atoms with Crippen molar-refractivity contribution >= 4 is 92.2 Å². The average Bonchev–Trinajstić information content (AvgIpc) is 3.34. The van der Waals surface area contributed by atoms with Crippen LogP contribution in [0.25, 0.3) is 17.1 Å². The van der Waals surface area contributed by atoms with Gasteiger partial charge in [0.1, 0.15) is 18.5 Å². The standard InChI is InChI=1S/C27H31Br4N4O4/c1-3-32-22-8-18(28)20(30)10-24(22)34(12-16(38)14-36)26(32)6-5-7-27-33(4-2)23-9-19(29)21(31)11-25(23)35(27)13-17(39)15-37/h5-11,16-17,36-39H,3-4,12-15H2,1-2H3/q+1. The van der Waals surface area contributed by atoms with E-state index in [9.17, 15) is 20.4 Å². The molecule has 8 nitrogen and oxygen atoms in total. The SMILES string of the molecule is CCN1C(=CC=Cc2n(CC)c3cc(Br)c(Br)cc3[n+]2CC(O)CO)N(CC(O)CO)c2cc(Br)c(Br)cc21.